The summed E-state index contributed by atoms with van der Waals surface area (Å²) in [6.45, 7) is 6.43. The molecule has 0 aliphatic carbocycles. The van der Waals surface area contributed by atoms with Crippen LogP contribution in [0.1, 0.15) is 37.9 Å². The Morgan fingerprint density at radius 2 is 2.00 bits per heavy atom. The normalized spacial score (nSPS) is 23.3. The second kappa shape index (κ2) is 10.7. The highest BCUT2D eigenvalue weighted by molar-refractivity contribution is 5.96. The van der Waals surface area contributed by atoms with Crippen molar-refractivity contribution in [2.24, 2.45) is 5.92 Å². The molecule has 3 fully saturated rings. The van der Waals surface area contributed by atoms with Gasteiger partial charge in [-0.2, -0.15) is 0 Å². The lowest BCUT2D eigenvalue weighted by Gasteiger charge is -2.48. The van der Waals surface area contributed by atoms with Crippen LogP contribution in [-0.4, -0.2) is 49.1 Å². The summed E-state index contributed by atoms with van der Waals surface area (Å²) in [6.07, 6.45) is 6.59. The lowest BCUT2D eigenvalue weighted by Crippen LogP contribution is -3.22. The van der Waals surface area contributed by atoms with Crippen molar-refractivity contribution in [2.75, 3.05) is 25.1 Å². The maximum atomic E-state index is 13.5. The van der Waals surface area contributed by atoms with Crippen LogP contribution in [0.3, 0.4) is 0 Å². The number of hydrogen-bond acceptors (Lipinski definition) is 5. The smallest absolute Gasteiger partial charge is 0.326 e. The van der Waals surface area contributed by atoms with Crippen molar-refractivity contribution < 1.29 is 24.0 Å². The van der Waals surface area contributed by atoms with E-state index in [-0.39, 0.29) is 18.5 Å². The van der Waals surface area contributed by atoms with Gasteiger partial charge in [-0.1, -0.05) is 24.8 Å². The summed E-state index contributed by atoms with van der Waals surface area (Å²) in [7, 11) is 1.64. The van der Waals surface area contributed by atoms with Gasteiger partial charge in [-0.15, -0.1) is 0 Å². The third-order valence-corrected chi connectivity index (χ3v) is 7.90. The molecule has 3 saturated heterocycles. The minimum absolute atomic E-state index is 0.0822. The molecule has 5 atom stereocenters. The molecule has 2 aromatic carbocycles. The first-order valence-electron chi connectivity index (χ1n) is 12.9. The number of carbonyl (C=O) groups is 2. The maximum absolute atomic E-state index is 13.5. The number of rotatable bonds is 8. The van der Waals surface area contributed by atoms with Gasteiger partial charge in [0.05, 0.1) is 19.2 Å². The number of nitrogens with one attached hydrogen (secondary N) is 1. The van der Waals surface area contributed by atoms with Crippen molar-refractivity contribution in [1.82, 2.24) is 4.98 Å². The minimum Gasteiger partial charge on any atom is -0.497 e. The molecule has 1 aromatic heterocycles. The third kappa shape index (κ3) is 5.09. The second-order valence-corrected chi connectivity index (χ2v) is 10.0. The summed E-state index contributed by atoms with van der Waals surface area (Å²) in [5.74, 6) is 0.651. The predicted octanol–water partition coefficient (Wildman–Crippen LogP) is 3.50. The molecule has 1 N–H and O–H groups in total. The lowest BCUT2D eigenvalue weighted by atomic mass is 9.76. The fourth-order valence-corrected chi connectivity index (χ4v) is 6.12. The summed E-state index contributed by atoms with van der Waals surface area (Å²) in [5, 5.41) is 0.906. The molecule has 0 spiro atoms. The van der Waals surface area contributed by atoms with Gasteiger partial charge in [-0.25, -0.2) is 0 Å². The molecule has 3 aromatic rings. The van der Waals surface area contributed by atoms with Crippen molar-refractivity contribution in [3.63, 3.8) is 0 Å². The van der Waals surface area contributed by atoms with Crippen LogP contribution >= 0.6 is 0 Å². The van der Waals surface area contributed by atoms with E-state index in [4.69, 9.17) is 9.47 Å². The number of quaternary nitrogens is 1. The van der Waals surface area contributed by atoms with Crippen molar-refractivity contribution in [1.29, 1.82) is 0 Å². The van der Waals surface area contributed by atoms with Gasteiger partial charge >= 0.3 is 5.97 Å². The topological polar surface area (TPSA) is 73.2 Å². The number of para-hydroxylation sites is 1. The number of anilines is 1. The van der Waals surface area contributed by atoms with Gasteiger partial charge in [0, 0.05) is 42.6 Å². The molecule has 6 rings (SSSR count). The predicted molar refractivity (Wildman–Crippen MR) is 143 cm³/mol. The van der Waals surface area contributed by atoms with Crippen molar-refractivity contribution >= 4 is 28.5 Å². The number of methoxy groups -OCH3 is 1. The van der Waals surface area contributed by atoms with Crippen LogP contribution in [-0.2, 0) is 14.3 Å². The molecule has 7 nitrogen and oxygen atoms in total. The molecule has 4 heterocycles. The fourth-order valence-electron chi connectivity index (χ4n) is 6.12. The SMILES string of the molecule is C=C[C@@H]1C[C@H]2CC[NH+]1[C@H]([C@@H](OC(=O)CN(C(C)=O)c1ccccc1)c1ccnc3ccc(OC)cc13)C2. The Labute approximate surface area is 217 Å². The first-order chi connectivity index (χ1) is 18.0. The van der Waals surface area contributed by atoms with Crippen molar-refractivity contribution in [3.05, 3.63) is 79.0 Å². The Morgan fingerprint density at radius 3 is 2.70 bits per heavy atom. The largest absolute Gasteiger partial charge is 0.497 e. The molecule has 37 heavy (non-hydrogen) atoms. The number of carbonyl (C=O) groups excluding carboxylic acids is 2. The summed E-state index contributed by atoms with van der Waals surface area (Å²) >= 11 is 0. The average Bonchev–Trinajstić information content (AvgIpc) is 2.94. The standard InChI is InChI=1S/C30H33N3O4/c1-4-22-16-21-13-15-32(22)28(17-21)30(25-12-14-31-27-11-10-24(36-3)18-26(25)27)37-29(35)19-33(20(2)34)23-8-6-5-7-9-23/h4-12,14,18,21-22,28,30H,1,13,15-17,19H2,2-3H3/p+1/t21-,22-,28+,30+/m1/s1. The highest BCUT2D eigenvalue weighted by Crippen LogP contribution is 2.36. The van der Waals surface area contributed by atoms with E-state index in [0.29, 0.717) is 17.6 Å². The quantitative estimate of drug-likeness (QED) is 0.379. The van der Waals surface area contributed by atoms with E-state index in [1.54, 1.807) is 13.3 Å². The number of ether oxygens (including phenoxy) is 2. The van der Waals surface area contributed by atoms with Crippen LogP contribution in [0.25, 0.3) is 10.9 Å². The first kappa shape index (κ1) is 25.0. The minimum atomic E-state index is -0.491. The lowest BCUT2D eigenvalue weighted by molar-refractivity contribution is -0.963. The van der Waals surface area contributed by atoms with Crippen molar-refractivity contribution in [3.8, 4) is 5.75 Å². The number of nitrogens with zero attached hydrogens (tertiary/aromatic N) is 2. The van der Waals surface area contributed by atoms with E-state index in [2.05, 4.69) is 11.6 Å². The van der Waals surface area contributed by atoms with Crippen LogP contribution in [0.15, 0.2) is 73.4 Å². The van der Waals surface area contributed by atoms with Gasteiger partial charge in [0.1, 0.15) is 24.4 Å². The molecular formula is C30H34N3O4+. The molecule has 3 aliphatic heterocycles. The summed E-state index contributed by atoms with van der Waals surface area (Å²) in [6, 6.07) is 17.3. The second-order valence-electron chi connectivity index (χ2n) is 10.0. The maximum Gasteiger partial charge on any atom is 0.326 e. The Hall–Kier alpha value is -3.71. The van der Waals surface area contributed by atoms with Gasteiger partial charge in [0.25, 0.3) is 0 Å². The number of amides is 1. The highest BCUT2D eigenvalue weighted by atomic mass is 16.5. The zero-order valence-electron chi connectivity index (χ0n) is 21.4. The summed E-state index contributed by atoms with van der Waals surface area (Å²) in [5.41, 5.74) is 2.40. The molecule has 7 heteroatoms. The average molecular weight is 501 g/mol. The highest BCUT2D eigenvalue weighted by Gasteiger charge is 2.48. The number of fused-ring (bicyclic) bond motifs is 4. The molecule has 2 bridgehead atoms. The van der Waals surface area contributed by atoms with Gasteiger partial charge < -0.3 is 19.3 Å². The number of pyridine rings is 1. The first-order valence-corrected chi connectivity index (χ1v) is 12.9. The van der Waals surface area contributed by atoms with Gasteiger partial charge in [-0.3, -0.25) is 14.6 Å². The number of benzene rings is 2. The third-order valence-electron chi connectivity index (χ3n) is 7.90. The van der Waals surface area contributed by atoms with E-state index in [1.165, 1.54) is 23.1 Å². The van der Waals surface area contributed by atoms with E-state index in [9.17, 15) is 9.59 Å². The van der Waals surface area contributed by atoms with Crippen LogP contribution in [0.2, 0.25) is 0 Å². The van der Waals surface area contributed by atoms with Crippen LogP contribution in [0, 0.1) is 5.92 Å². The monoisotopic (exact) mass is 500 g/mol. The van der Waals surface area contributed by atoms with Crippen LogP contribution < -0.4 is 14.5 Å². The fraction of sp³-hybridized carbons (Fsp3) is 0.367. The zero-order chi connectivity index (χ0) is 25.9. The van der Waals surface area contributed by atoms with E-state index in [1.807, 2.05) is 60.7 Å². The van der Waals surface area contributed by atoms with E-state index >= 15 is 0 Å². The molecule has 0 saturated carbocycles. The molecule has 0 radical (unpaired) electrons. The van der Waals surface area contributed by atoms with Crippen LogP contribution in [0.5, 0.6) is 5.75 Å². The number of hydrogen-bond donors (Lipinski definition) is 1. The Morgan fingerprint density at radius 1 is 1.19 bits per heavy atom. The molecule has 1 amide bonds. The van der Waals surface area contributed by atoms with Gasteiger partial charge in [-0.05, 0) is 54.8 Å². The molecule has 3 aliphatic rings. The van der Waals surface area contributed by atoms with Crippen LogP contribution in [0.4, 0.5) is 5.69 Å². The zero-order valence-corrected chi connectivity index (χ0v) is 21.4. The molecule has 192 valence electrons. The number of aromatic nitrogens is 1. The Bertz CT molecular complexity index is 1290. The van der Waals surface area contributed by atoms with E-state index in [0.717, 1.165) is 41.6 Å². The van der Waals surface area contributed by atoms with Crippen molar-refractivity contribution in [2.45, 2.75) is 44.4 Å². The molecule has 1 unspecified atom stereocenters. The molecular weight excluding hydrogens is 466 g/mol. The Balaban J connectivity index is 1.52. The summed E-state index contributed by atoms with van der Waals surface area (Å²) in [4.78, 5) is 33.3. The van der Waals surface area contributed by atoms with E-state index < -0.39 is 12.1 Å². The number of esters is 1. The summed E-state index contributed by atoms with van der Waals surface area (Å²) < 4.78 is 11.8. The van der Waals surface area contributed by atoms with Gasteiger partial charge in [0.15, 0.2) is 6.10 Å². The van der Waals surface area contributed by atoms with Gasteiger partial charge in [0.2, 0.25) is 5.91 Å². The Kier molecular flexibility index (Phi) is 7.24. The number of piperidine rings is 3.